The summed E-state index contributed by atoms with van der Waals surface area (Å²) < 4.78 is 0. The second-order valence-electron chi connectivity index (χ2n) is 7.26. The fraction of sp³-hybridized carbons (Fsp3) is 0.0769. The molecule has 0 heterocycles. The summed E-state index contributed by atoms with van der Waals surface area (Å²) in [7, 11) is 0. The molecule has 3 aromatic rings. The molecule has 0 radical (unpaired) electrons. The molecule has 0 aliphatic carbocycles. The third kappa shape index (κ3) is 6.24. The molecule has 7 heteroatoms. The predicted molar refractivity (Wildman–Crippen MR) is 132 cm³/mol. The molecule has 0 unspecified atom stereocenters. The van der Waals surface area contributed by atoms with E-state index in [1.54, 1.807) is 24.3 Å². The molecule has 3 aromatic carbocycles. The number of carbonyl (C=O) groups excluding carboxylic acids is 2. The third-order valence-electron chi connectivity index (χ3n) is 4.67. The van der Waals surface area contributed by atoms with Gasteiger partial charge in [0.15, 0.2) is 0 Å². The lowest BCUT2D eigenvalue weighted by molar-refractivity contribution is -0.385. The summed E-state index contributed by atoms with van der Waals surface area (Å²) in [4.78, 5) is 35.4. The van der Waals surface area contributed by atoms with Crippen LogP contribution in [0, 0.1) is 10.1 Å². The van der Waals surface area contributed by atoms with E-state index in [1.807, 2.05) is 60.7 Å². The Labute approximate surface area is 191 Å². The van der Waals surface area contributed by atoms with Crippen LogP contribution in [0.25, 0.3) is 24.3 Å². The maximum atomic E-state index is 12.3. The summed E-state index contributed by atoms with van der Waals surface area (Å²) >= 11 is 0. The fourth-order valence-electron chi connectivity index (χ4n) is 3.31. The van der Waals surface area contributed by atoms with Crippen molar-refractivity contribution in [3.8, 4) is 0 Å². The van der Waals surface area contributed by atoms with Gasteiger partial charge in [-0.05, 0) is 29.3 Å². The molecule has 0 aliphatic rings. The minimum atomic E-state index is -0.508. The van der Waals surface area contributed by atoms with Crippen LogP contribution in [-0.2, 0) is 9.59 Å². The van der Waals surface area contributed by atoms with Gasteiger partial charge in [-0.3, -0.25) is 19.7 Å². The largest absolute Gasteiger partial charge is 0.325 e. The second-order valence-corrected chi connectivity index (χ2v) is 7.26. The quantitative estimate of drug-likeness (QED) is 0.273. The van der Waals surface area contributed by atoms with Gasteiger partial charge >= 0.3 is 0 Å². The maximum absolute atomic E-state index is 12.3. The van der Waals surface area contributed by atoms with E-state index in [0.29, 0.717) is 0 Å². The lowest BCUT2D eigenvalue weighted by Crippen LogP contribution is -2.13. The lowest BCUT2D eigenvalue weighted by atomic mass is 9.99. The number of nitrogens with zero attached hydrogens (tertiary/aromatic N) is 1. The van der Waals surface area contributed by atoms with Crippen LogP contribution in [0.5, 0.6) is 0 Å². The molecule has 0 aliphatic heterocycles. The van der Waals surface area contributed by atoms with Gasteiger partial charge in [0, 0.05) is 13.8 Å². The highest BCUT2D eigenvalue weighted by molar-refractivity contribution is 6.01. The number of hydrogen-bond acceptors (Lipinski definition) is 4. The normalized spacial score (nSPS) is 11.0. The van der Waals surface area contributed by atoms with E-state index >= 15 is 0 Å². The molecule has 0 bridgehead atoms. The van der Waals surface area contributed by atoms with Crippen LogP contribution in [0.3, 0.4) is 0 Å². The minimum absolute atomic E-state index is 0.223. The molecular formula is C26H23N3O4. The molecule has 0 atom stereocenters. The zero-order valence-corrected chi connectivity index (χ0v) is 18.2. The molecule has 0 aromatic heterocycles. The number of carbonyl (C=O) groups is 2. The summed E-state index contributed by atoms with van der Waals surface area (Å²) in [6.07, 6.45) is 6.65. The third-order valence-corrected chi connectivity index (χ3v) is 4.67. The average molecular weight is 441 g/mol. The van der Waals surface area contributed by atoms with Gasteiger partial charge < -0.3 is 10.6 Å². The van der Waals surface area contributed by atoms with Gasteiger partial charge in [-0.15, -0.1) is 0 Å². The first-order chi connectivity index (χ1) is 15.8. The Morgan fingerprint density at radius 2 is 1.12 bits per heavy atom. The van der Waals surface area contributed by atoms with Crippen molar-refractivity contribution in [1.82, 2.24) is 0 Å². The van der Waals surface area contributed by atoms with Crippen LogP contribution in [0.4, 0.5) is 17.1 Å². The Balaban J connectivity index is 2.27. The molecule has 33 heavy (non-hydrogen) atoms. The number of rotatable bonds is 7. The molecule has 3 rings (SSSR count). The zero-order chi connectivity index (χ0) is 23.8. The van der Waals surface area contributed by atoms with Crippen molar-refractivity contribution in [2.75, 3.05) is 10.6 Å². The molecule has 2 N–H and O–H groups in total. The summed E-state index contributed by atoms with van der Waals surface area (Å²) in [5.41, 5.74) is 2.34. The number of hydrogen-bond donors (Lipinski definition) is 2. The summed E-state index contributed by atoms with van der Waals surface area (Å²) in [6.45, 7) is 2.63. The van der Waals surface area contributed by atoms with Crippen molar-refractivity contribution in [1.29, 1.82) is 0 Å². The summed E-state index contributed by atoms with van der Waals surface area (Å²) in [6, 6.07) is 20.2. The van der Waals surface area contributed by atoms with E-state index in [0.717, 1.165) is 11.1 Å². The van der Waals surface area contributed by atoms with Crippen molar-refractivity contribution in [3.05, 3.63) is 99.1 Å². The Bertz CT molecular complexity index is 1150. The molecule has 0 saturated carbocycles. The highest BCUT2D eigenvalue weighted by Crippen LogP contribution is 2.39. The summed E-state index contributed by atoms with van der Waals surface area (Å²) in [5.74, 6) is -0.778. The Kier molecular flexibility index (Phi) is 7.49. The highest BCUT2D eigenvalue weighted by atomic mass is 16.6. The lowest BCUT2D eigenvalue weighted by Gasteiger charge is -2.15. The second kappa shape index (κ2) is 10.7. The SMILES string of the molecule is CC(=O)Nc1cc(NC(C)=O)c(/C=C/c2ccccc2)c([N+](=O)[O-])c1/C=C/c1ccccc1. The number of nitro groups is 1. The van der Waals surface area contributed by atoms with Crippen molar-refractivity contribution in [2.45, 2.75) is 13.8 Å². The highest BCUT2D eigenvalue weighted by Gasteiger charge is 2.25. The van der Waals surface area contributed by atoms with E-state index in [1.165, 1.54) is 19.9 Å². The van der Waals surface area contributed by atoms with E-state index in [9.17, 15) is 19.7 Å². The molecular weight excluding hydrogens is 418 g/mol. The van der Waals surface area contributed by atoms with Crippen LogP contribution < -0.4 is 10.6 Å². The number of nitro benzene ring substituents is 1. The van der Waals surface area contributed by atoms with Gasteiger partial charge in [0.25, 0.3) is 5.69 Å². The van der Waals surface area contributed by atoms with Crippen molar-refractivity contribution in [2.24, 2.45) is 0 Å². The first-order valence-corrected chi connectivity index (χ1v) is 10.2. The smallest absolute Gasteiger partial charge is 0.287 e. The molecule has 7 nitrogen and oxygen atoms in total. The average Bonchev–Trinajstić information content (AvgIpc) is 2.77. The molecule has 0 spiro atoms. The van der Waals surface area contributed by atoms with E-state index in [4.69, 9.17) is 0 Å². The molecule has 0 fully saturated rings. The van der Waals surface area contributed by atoms with Crippen molar-refractivity contribution >= 4 is 53.2 Å². The molecule has 166 valence electrons. The Morgan fingerprint density at radius 3 is 1.45 bits per heavy atom. The van der Waals surface area contributed by atoms with Crippen LogP contribution in [0.1, 0.15) is 36.1 Å². The monoisotopic (exact) mass is 441 g/mol. The minimum Gasteiger partial charge on any atom is -0.325 e. The first-order valence-electron chi connectivity index (χ1n) is 10.2. The van der Waals surface area contributed by atoms with Crippen molar-refractivity contribution in [3.63, 3.8) is 0 Å². The van der Waals surface area contributed by atoms with Gasteiger partial charge in [0.1, 0.15) is 0 Å². The van der Waals surface area contributed by atoms with Crippen LogP contribution in [0.15, 0.2) is 66.7 Å². The number of anilines is 2. The van der Waals surface area contributed by atoms with Gasteiger partial charge in [-0.25, -0.2) is 0 Å². The van der Waals surface area contributed by atoms with Crippen LogP contribution >= 0.6 is 0 Å². The predicted octanol–water partition coefficient (Wildman–Crippen LogP) is 5.85. The number of nitrogens with one attached hydrogen (secondary N) is 2. The summed E-state index contributed by atoms with van der Waals surface area (Å²) in [5, 5.41) is 17.6. The van der Waals surface area contributed by atoms with E-state index in [2.05, 4.69) is 10.6 Å². The van der Waals surface area contributed by atoms with Crippen molar-refractivity contribution < 1.29 is 14.5 Å². The van der Waals surface area contributed by atoms with Gasteiger partial charge in [0.2, 0.25) is 11.8 Å². The van der Waals surface area contributed by atoms with Gasteiger partial charge in [0.05, 0.1) is 27.4 Å². The zero-order valence-electron chi connectivity index (χ0n) is 18.2. The van der Waals surface area contributed by atoms with Gasteiger partial charge in [-0.1, -0.05) is 72.8 Å². The Morgan fingerprint density at radius 1 is 0.727 bits per heavy atom. The topological polar surface area (TPSA) is 101 Å². The molecule has 0 saturated heterocycles. The van der Waals surface area contributed by atoms with E-state index in [-0.39, 0.29) is 40.0 Å². The van der Waals surface area contributed by atoms with Gasteiger partial charge in [-0.2, -0.15) is 0 Å². The Hall–Kier alpha value is -4.52. The number of benzene rings is 3. The molecule has 2 amide bonds. The van der Waals surface area contributed by atoms with Crippen LogP contribution in [0.2, 0.25) is 0 Å². The fourth-order valence-corrected chi connectivity index (χ4v) is 3.31. The van der Waals surface area contributed by atoms with Crippen LogP contribution in [-0.4, -0.2) is 16.7 Å². The standard InChI is InChI=1S/C26H23N3O4/c1-18(30)27-24-17-25(28-19(2)31)23(16-14-21-11-7-4-8-12-21)26(29(32)33)22(24)15-13-20-9-5-3-6-10-20/h3-17H,1-2H3,(H,27,30)(H,28,31)/b15-13+,16-14+. The van der Waals surface area contributed by atoms with E-state index < -0.39 is 4.92 Å². The number of amides is 2. The maximum Gasteiger partial charge on any atom is 0.287 e. The first kappa shape index (κ1) is 23.1.